The number of nitrogens with zero attached hydrogens (tertiary/aromatic N) is 3. The van der Waals surface area contributed by atoms with Crippen molar-refractivity contribution in [3.05, 3.63) is 59.7 Å². The Morgan fingerprint density at radius 1 is 0.970 bits per heavy atom. The molecule has 0 radical (unpaired) electrons. The SMILES string of the molecule is CC1Oc2ccccc2N(CC(=O)N2CCN(C(=O)c3ccccc3C(F)(F)F)CC2)C1=O. The van der Waals surface area contributed by atoms with Crippen LogP contribution in [0.25, 0.3) is 0 Å². The van der Waals surface area contributed by atoms with Gasteiger partial charge in [0.05, 0.1) is 16.8 Å². The lowest BCUT2D eigenvalue weighted by Crippen LogP contribution is -2.54. The maximum Gasteiger partial charge on any atom is 0.417 e. The summed E-state index contributed by atoms with van der Waals surface area (Å²) in [6.07, 6.45) is -5.36. The van der Waals surface area contributed by atoms with E-state index in [2.05, 4.69) is 0 Å². The third-order valence-corrected chi connectivity index (χ3v) is 5.75. The Balaban J connectivity index is 1.41. The number of hydrogen-bond acceptors (Lipinski definition) is 4. The Morgan fingerprint density at radius 3 is 2.27 bits per heavy atom. The fourth-order valence-electron chi connectivity index (χ4n) is 4.00. The van der Waals surface area contributed by atoms with Crippen molar-refractivity contribution < 1.29 is 32.3 Å². The summed E-state index contributed by atoms with van der Waals surface area (Å²) in [5.74, 6) is -0.855. The standard InChI is InChI=1S/C23H22F3N3O4/c1-15-21(31)29(18-8-4-5-9-19(18)33-15)14-20(30)27-10-12-28(13-11-27)22(32)16-6-2-3-7-17(16)23(24,25)26/h2-9,15H,10-14H2,1H3. The van der Waals surface area contributed by atoms with Crippen LogP contribution in [-0.4, -0.2) is 66.3 Å². The van der Waals surface area contributed by atoms with Crippen LogP contribution in [0.4, 0.5) is 18.9 Å². The van der Waals surface area contributed by atoms with Gasteiger partial charge >= 0.3 is 6.18 Å². The third-order valence-electron chi connectivity index (χ3n) is 5.75. The third kappa shape index (κ3) is 4.50. The van der Waals surface area contributed by atoms with Gasteiger partial charge in [0.15, 0.2) is 6.10 Å². The zero-order valence-corrected chi connectivity index (χ0v) is 17.8. The molecule has 1 fully saturated rings. The van der Waals surface area contributed by atoms with Crippen LogP contribution >= 0.6 is 0 Å². The van der Waals surface area contributed by atoms with Crippen molar-refractivity contribution in [1.29, 1.82) is 0 Å². The van der Waals surface area contributed by atoms with Crippen molar-refractivity contribution >= 4 is 23.4 Å². The van der Waals surface area contributed by atoms with Crippen LogP contribution in [0.5, 0.6) is 5.75 Å². The maximum atomic E-state index is 13.3. The minimum absolute atomic E-state index is 0.0980. The summed E-state index contributed by atoms with van der Waals surface area (Å²) < 4.78 is 45.4. The second-order valence-corrected chi connectivity index (χ2v) is 7.87. The van der Waals surface area contributed by atoms with E-state index < -0.39 is 29.3 Å². The summed E-state index contributed by atoms with van der Waals surface area (Å²) in [5.41, 5.74) is -0.882. The first-order valence-corrected chi connectivity index (χ1v) is 10.5. The van der Waals surface area contributed by atoms with Gasteiger partial charge < -0.3 is 14.5 Å². The molecule has 4 rings (SSSR count). The van der Waals surface area contributed by atoms with Gasteiger partial charge in [-0.15, -0.1) is 0 Å². The van der Waals surface area contributed by atoms with E-state index in [0.29, 0.717) is 11.4 Å². The summed E-state index contributed by atoms with van der Waals surface area (Å²) >= 11 is 0. The molecule has 1 saturated heterocycles. The topological polar surface area (TPSA) is 70.2 Å². The Kier molecular flexibility index (Phi) is 6.01. The number of amides is 3. The van der Waals surface area contributed by atoms with E-state index >= 15 is 0 Å². The van der Waals surface area contributed by atoms with E-state index in [1.54, 1.807) is 31.2 Å². The Morgan fingerprint density at radius 2 is 1.58 bits per heavy atom. The number of rotatable bonds is 3. The Bertz CT molecular complexity index is 1080. The first kappa shape index (κ1) is 22.6. The van der Waals surface area contributed by atoms with E-state index in [1.165, 1.54) is 26.8 Å². The zero-order valence-electron chi connectivity index (χ0n) is 17.8. The number of alkyl halides is 3. The van der Waals surface area contributed by atoms with Gasteiger partial charge in [-0.2, -0.15) is 13.2 Å². The van der Waals surface area contributed by atoms with Crippen molar-refractivity contribution in [2.45, 2.75) is 19.2 Å². The van der Waals surface area contributed by atoms with Gasteiger partial charge in [0, 0.05) is 26.2 Å². The minimum Gasteiger partial charge on any atom is -0.479 e. The van der Waals surface area contributed by atoms with Gasteiger partial charge in [0.25, 0.3) is 11.8 Å². The number of anilines is 1. The molecule has 0 bridgehead atoms. The largest absolute Gasteiger partial charge is 0.479 e. The van der Waals surface area contributed by atoms with Crippen molar-refractivity contribution in [2.24, 2.45) is 0 Å². The highest BCUT2D eigenvalue weighted by atomic mass is 19.4. The molecule has 0 N–H and O–H groups in total. The average Bonchev–Trinajstić information content (AvgIpc) is 2.81. The van der Waals surface area contributed by atoms with Crippen LogP contribution < -0.4 is 9.64 Å². The van der Waals surface area contributed by atoms with Crippen LogP contribution in [0.15, 0.2) is 48.5 Å². The van der Waals surface area contributed by atoms with E-state index in [1.807, 2.05) is 0 Å². The highest BCUT2D eigenvalue weighted by molar-refractivity contribution is 6.03. The number of ether oxygens (including phenoxy) is 1. The Labute approximate surface area is 188 Å². The predicted octanol–water partition coefficient (Wildman–Crippen LogP) is 2.80. The Hall–Kier alpha value is -3.56. The summed E-state index contributed by atoms with van der Waals surface area (Å²) in [7, 11) is 0. The quantitative estimate of drug-likeness (QED) is 0.705. The summed E-state index contributed by atoms with van der Waals surface area (Å²) in [6, 6.07) is 11.6. The lowest BCUT2D eigenvalue weighted by Gasteiger charge is -2.37. The zero-order chi connectivity index (χ0) is 23.8. The molecule has 0 saturated carbocycles. The van der Waals surface area contributed by atoms with E-state index in [4.69, 9.17) is 4.74 Å². The van der Waals surface area contributed by atoms with Crippen molar-refractivity contribution in [3.8, 4) is 5.75 Å². The molecular formula is C23H22F3N3O4. The molecular weight excluding hydrogens is 439 g/mol. The van der Waals surface area contributed by atoms with E-state index in [0.717, 1.165) is 12.1 Å². The molecule has 7 nitrogen and oxygen atoms in total. The smallest absolute Gasteiger partial charge is 0.417 e. The number of carbonyl (C=O) groups excluding carboxylic acids is 3. The monoisotopic (exact) mass is 461 g/mol. The summed E-state index contributed by atoms with van der Waals surface area (Å²) in [5, 5.41) is 0. The number of fused-ring (bicyclic) bond motifs is 1. The van der Waals surface area contributed by atoms with Crippen LogP contribution in [0.1, 0.15) is 22.8 Å². The molecule has 1 atom stereocenters. The number of hydrogen-bond donors (Lipinski definition) is 0. The van der Waals surface area contributed by atoms with Crippen LogP contribution in [0.3, 0.4) is 0 Å². The van der Waals surface area contributed by atoms with Crippen molar-refractivity contribution in [1.82, 2.24) is 9.80 Å². The van der Waals surface area contributed by atoms with Crippen molar-refractivity contribution in [3.63, 3.8) is 0 Å². The number of halogens is 3. The molecule has 0 aliphatic carbocycles. The van der Waals surface area contributed by atoms with E-state index in [9.17, 15) is 27.6 Å². The highest BCUT2D eigenvalue weighted by Gasteiger charge is 2.37. The molecule has 1 unspecified atom stereocenters. The fourth-order valence-corrected chi connectivity index (χ4v) is 4.00. The molecule has 10 heteroatoms. The average molecular weight is 461 g/mol. The maximum absolute atomic E-state index is 13.3. The number of carbonyl (C=O) groups is 3. The molecule has 2 aliphatic rings. The molecule has 3 amide bonds. The second kappa shape index (κ2) is 8.76. The molecule has 33 heavy (non-hydrogen) atoms. The van der Waals surface area contributed by atoms with Crippen molar-refractivity contribution in [2.75, 3.05) is 37.6 Å². The van der Waals surface area contributed by atoms with Gasteiger partial charge in [-0.1, -0.05) is 24.3 Å². The first-order valence-electron chi connectivity index (χ1n) is 10.5. The summed E-state index contributed by atoms with van der Waals surface area (Å²) in [4.78, 5) is 42.4. The fraction of sp³-hybridized carbons (Fsp3) is 0.348. The molecule has 2 heterocycles. The second-order valence-electron chi connectivity index (χ2n) is 7.87. The van der Waals surface area contributed by atoms with E-state index in [-0.39, 0.29) is 44.5 Å². The van der Waals surface area contributed by atoms with Crippen LogP contribution in [-0.2, 0) is 15.8 Å². The van der Waals surface area contributed by atoms with Crippen LogP contribution in [0, 0.1) is 0 Å². The number of benzene rings is 2. The molecule has 2 aromatic carbocycles. The van der Waals surface area contributed by atoms with Gasteiger partial charge in [-0.25, -0.2) is 0 Å². The van der Waals surface area contributed by atoms with Gasteiger partial charge in [0.1, 0.15) is 12.3 Å². The summed E-state index contributed by atoms with van der Waals surface area (Å²) in [6.45, 7) is 1.94. The molecule has 2 aliphatic heterocycles. The predicted molar refractivity (Wildman–Crippen MR) is 113 cm³/mol. The lowest BCUT2D eigenvalue weighted by molar-refractivity contribution is -0.138. The van der Waals surface area contributed by atoms with Gasteiger partial charge in [-0.3, -0.25) is 19.3 Å². The number of piperazine rings is 1. The lowest BCUT2D eigenvalue weighted by atomic mass is 10.1. The molecule has 174 valence electrons. The normalized spacial score (nSPS) is 18.6. The van der Waals surface area contributed by atoms with Crippen LogP contribution in [0.2, 0.25) is 0 Å². The molecule has 0 aromatic heterocycles. The first-order chi connectivity index (χ1) is 15.7. The van der Waals surface area contributed by atoms with Gasteiger partial charge in [-0.05, 0) is 31.2 Å². The minimum atomic E-state index is -4.64. The highest BCUT2D eigenvalue weighted by Crippen LogP contribution is 2.34. The number of para-hydroxylation sites is 2. The van der Waals surface area contributed by atoms with Gasteiger partial charge in [0.2, 0.25) is 5.91 Å². The molecule has 0 spiro atoms. The molecule has 2 aromatic rings.